The van der Waals surface area contributed by atoms with Crippen LogP contribution in [-0.4, -0.2) is 34.8 Å². The van der Waals surface area contributed by atoms with E-state index in [4.69, 9.17) is 9.47 Å². The van der Waals surface area contributed by atoms with Crippen molar-refractivity contribution in [3.63, 3.8) is 0 Å². The minimum atomic E-state index is 0.195. The molecule has 0 saturated heterocycles. The van der Waals surface area contributed by atoms with Gasteiger partial charge >= 0.3 is 0 Å². The number of rotatable bonds is 9. The third kappa shape index (κ3) is 4.19. The number of para-hydroxylation sites is 4. The number of aromatic nitrogens is 2. The van der Waals surface area contributed by atoms with Gasteiger partial charge in [-0.25, -0.2) is 4.98 Å². The molecule has 26 heavy (non-hydrogen) atoms. The number of Topliss-reactive ketones (excluding diaryl/α,β-unsaturated/α-hetero) is 1. The zero-order chi connectivity index (χ0) is 18.4. The first-order chi connectivity index (χ1) is 12.7. The first kappa shape index (κ1) is 18.3. The number of methoxy groups -OCH3 is 1. The summed E-state index contributed by atoms with van der Waals surface area (Å²) >= 11 is 1.59. The highest BCUT2D eigenvalue weighted by Crippen LogP contribution is 2.27. The van der Waals surface area contributed by atoms with Crippen molar-refractivity contribution in [1.29, 1.82) is 0 Å². The number of thioether (sulfide) groups is 1. The number of carbonyl (C=O) groups is 1. The summed E-state index contributed by atoms with van der Waals surface area (Å²) in [7, 11) is 1.63. The van der Waals surface area contributed by atoms with Gasteiger partial charge in [-0.15, -0.1) is 0 Å². The zero-order valence-corrected chi connectivity index (χ0v) is 15.8. The molecular formula is C20H22N2O3S. The molecule has 0 aliphatic rings. The molecule has 0 aliphatic carbocycles. The average Bonchev–Trinajstić information content (AvgIpc) is 3.03. The smallest absolute Gasteiger partial charge is 0.169 e. The summed E-state index contributed by atoms with van der Waals surface area (Å²) in [6, 6.07) is 15.5. The zero-order valence-electron chi connectivity index (χ0n) is 15.0. The van der Waals surface area contributed by atoms with Crippen molar-refractivity contribution in [1.82, 2.24) is 9.55 Å². The predicted molar refractivity (Wildman–Crippen MR) is 104 cm³/mol. The molecular weight excluding hydrogens is 348 g/mol. The minimum absolute atomic E-state index is 0.195. The molecule has 0 saturated carbocycles. The van der Waals surface area contributed by atoms with Gasteiger partial charge < -0.3 is 14.0 Å². The Labute approximate surface area is 157 Å². The fourth-order valence-corrected chi connectivity index (χ4v) is 3.46. The molecule has 5 nitrogen and oxygen atoms in total. The summed E-state index contributed by atoms with van der Waals surface area (Å²) in [5.41, 5.74) is 1.90. The highest BCUT2D eigenvalue weighted by molar-refractivity contribution is 7.99. The van der Waals surface area contributed by atoms with Crippen LogP contribution >= 0.6 is 11.8 Å². The van der Waals surface area contributed by atoms with Crippen LogP contribution in [-0.2, 0) is 11.3 Å². The lowest BCUT2D eigenvalue weighted by Gasteiger charge is -2.10. The maximum atomic E-state index is 12.0. The fourth-order valence-electron chi connectivity index (χ4n) is 2.63. The Balaban J connectivity index is 1.68. The monoisotopic (exact) mass is 370 g/mol. The lowest BCUT2D eigenvalue weighted by Crippen LogP contribution is -2.10. The maximum Gasteiger partial charge on any atom is 0.169 e. The Bertz CT molecular complexity index is 892. The van der Waals surface area contributed by atoms with E-state index >= 15 is 0 Å². The number of hydrogen-bond donors (Lipinski definition) is 0. The van der Waals surface area contributed by atoms with Gasteiger partial charge in [0.15, 0.2) is 22.4 Å². The molecule has 2 aromatic carbocycles. The van der Waals surface area contributed by atoms with Gasteiger partial charge in [0.2, 0.25) is 0 Å². The average molecular weight is 370 g/mol. The Kier molecular flexibility index (Phi) is 6.17. The first-order valence-electron chi connectivity index (χ1n) is 8.58. The lowest BCUT2D eigenvalue weighted by molar-refractivity contribution is -0.119. The van der Waals surface area contributed by atoms with E-state index in [0.717, 1.165) is 33.4 Å². The Morgan fingerprint density at radius 3 is 2.62 bits per heavy atom. The molecule has 0 fully saturated rings. The summed E-state index contributed by atoms with van der Waals surface area (Å²) < 4.78 is 13.1. The molecule has 0 spiro atoms. The van der Waals surface area contributed by atoms with Gasteiger partial charge in [0.1, 0.15) is 0 Å². The van der Waals surface area contributed by atoms with Crippen molar-refractivity contribution >= 4 is 28.6 Å². The van der Waals surface area contributed by atoms with Crippen LogP contribution in [0.1, 0.15) is 13.3 Å². The Morgan fingerprint density at radius 1 is 1.12 bits per heavy atom. The van der Waals surface area contributed by atoms with Crippen LogP contribution in [0, 0.1) is 0 Å². The topological polar surface area (TPSA) is 53.4 Å². The molecule has 1 heterocycles. The standard InChI is InChI=1S/C20H22N2O3S/c1-3-15(23)14-22-17-9-5-4-8-16(17)21-20(22)26-13-12-25-19-11-7-6-10-18(19)24-2/h4-11H,3,12-14H2,1-2H3. The van der Waals surface area contributed by atoms with Crippen LogP contribution in [0.5, 0.6) is 11.5 Å². The van der Waals surface area contributed by atoms with E-state index in [9.17, 15) is 4.79 Å². The summed E-state index contributed by atoms with van der Waals surface area (Å²) in [5, 5.41) is 0.844. The molecule has 0 amide bonds. The van der Waals surface area contributed by atoms with E-state index in [-0.39, 0.29) is 5.78 Å². The molecule has 3 rings (SSSR count). The van der Waals surface area contributed by atoms with Gasteiger partial charge in [0.05, 0.1) is 31.3 Å². The van der Waals surface area contributed by atoms with Crippen LogP contribution in [0.25, 0.3) is 11.0 Å². The molecule has 6 heteroatoms. The lowest BCUT2D eigenvalue weighted by atomic mass is 10.3. The molecule has 0 atom stereocenters. The largest absolute Gasteiger partial charge is 0.493 e. The van der Waals surface area contributed by atoms with Gasteiger partial charge in [-0.2, -0.15) is 0 Å². The van der Waals surface area contributed by atoms with Gasteiger partial charge in [-0.3, -0.25) is 4.79 Å². The van der Waals surface area contributed by atoms with Gasteiger partial charge in [0.25, 0.3) is 0 Å². The van der Waals surface area contributed by atoms with Crippen LogP contribution in [0.4, 0.5) is 0 Å². The second-order valence-corrected chi connectivity index (χ2v) is 6.77. The summed E-state index contributed by atoms with van der Waals surface area (Å²) in [6.45, 7) is 2.76. The number of hydrogen-bond acceptors (Lipinski definition) is 5. The molecule has 0 aliphatic heterocycles. The predicted octanol–water partition coefficient (Wildman–Crippen LogP) is 4.20. The number of fused-ring (bicyclic) bond motifs is 1. The number of imidazole rings is 1. The summed E-state index contributed by atoms with van der Waals surface area (Å²) in [4.78, 5) is 16.6. The second kappa shape index (κ2) is 8.76. The van der Waals surface area contributed by atoms with Crippen molar-refractivity contribution in [2.45, 2.75) is 25.0 Å². The molecule has 1 aromatic heterocycles. The highest BCUT2D eigenvalue weighted by Gasteiger charge is 2.13. The van der Waals surface area contributed by atoms with E-state index < -0.39 is 0 Å². The Hall–Kier alpha value is -2.47. The van der Waals surface area contributed by atoms with Crippen LogP contribution in [0.2, 0.25) is 0 Å². The molecule has 3 aromatic rings. The number of nitrogens with zero attached hydrogens (tertiary/aromatic N) is 2. The van der Waals surface area contributed by atoms with Gasteiger partial charge in [-0.1, -0.05) is 43.0 Å². The third-order valence-corrected chi connectivity index (χ3v) is 4.93. The van der Waals surface area contributed by atoms with Crippen molar-refractivity contribution in [2.24, 2.45) is 0 Å². The number of ketones is 1. The van der Waals surface area contributed by atoms with E-state index in [2.05, 4.69) is 4.98 Å². The molecule has 0 unspecified atom stereocenters. The van der Waals surface area contributed by atoms with Crippen LogP contribution in [0.3, 0.4) is 0 Å². The third-order valence-electron chi connectivity index (χ3n) is 3.99. The van der Waals surface area contributed by atoms with E-state index in [0.29, 0.717) is 19.6 Å². The molecule has 136 valence electrons. The van der Waals surface area contributed by atoms with E-state index in [1.807, 2.05) is 60.0 Å². The van der Waals surface area contributed by atoms with E-state index in [1.54, 1.807) is 18.9 Å². The van der Waals surface area contributed by atoms with Gasteiger partial charge in [-0.05, 0) is 24.3 Å². The summed E-state index contributed by atoms with van der Waals surface area (Å²) in [5.74, 6) is 2.37. The van der Waals surface area contributed by atoms with Crippen molar-refractivity contribution < 1.29 is 14.3 Å². The van der Waals surface area contributed by atoms with Crippen molar-refractivity contribution in [3.8, 4) is 11.5 Å². The molecule has 0 bridgehead atoms. The molecule has 0 radical (unpaired) electrons. The number of carbonyl (C=O) groups excluding carboxylic acids is 1. The number of benzene rings is 2. The quantitative estimate of drug-likeness (QED) is 0.417. The minimum Gasteiger partial charge on any atom is -0.493 e. The van der Waals surface area contributed by atoms with Crippen LogP contribution in [0.15, 0.2) is 53.7 Å². The van der Waals surface area contributed by atoms with Gasteiger partial charge in [0, 0.05) is 12.2 Å². The maximum absolute atomic E-state index is 12.0. The van der Waals surface area contributed by atoms with E-state index in [1.165, 1.54) is 0 Å². The van der Waals surface area contributed by atoms with Crippen molar-refractivity contribution in [3.05, 3.63) is 48.5 Å². The number of ether oxygens (including phenoxy) is 2. The normalized spacial score (nSPS) is 10.8. The second-order valence-electron chi connectivity index (χ2n) is 5.71. The molecule has 0 N–H and O–H groups in total. The van der Waals surface area contributed by atoms with Crippen LogP contribution < -0.4 is 9.47 Å². The SMILES string of the molecule is CCC(=O)Cn1c(SCCOc2ccccc2OC)nc2ccccc21. The first-order valence-corrected chi connectivity index (χ1v) is 9.57. The summed E-state index contributed by atoms with van der Waals surface area (Å²) in [6.07, 6.45) is 0.521. The highest BCUT2D eigenvalue weighted by atomic mass is 32.2. The Morgan fingerprint density at radius 2 is 1.85 bits per heavy atom. The fraction of sp³-hybridized carbons (Fsp3) is 0.300. The van der Waals surface area contributed by atoms with Crippen molar-refractivity contribution in [2.75, 3.05) is 19.5 Å².